The first-order chi connectivity index (χ1) is 9.76. The van der Waals surface area contributed by atoms with E-state index in [1.54, 1.807) is 12.1 Å². The zero-order valence-electron chi connectivity index (χ0n) is 13.6. The van der Waals surface area contributed by atoms with Crippen molar-refractivity contribution >= 4 is 0 Å². The van der Waals surface area contributed by atoms with E-state index < -0.39 is 0 Å². The highest BCUT2D eigenvalue weighted by Crippen LogP contribution is 1.93. The maximum atomic E-state index is 8.29. The second kappa shape index (κ2) is 25.6. The average molecular weight is 269 g/mol. The van der Waals surface area contributed by atoms with Crippen molar-refractivity contribution in [3.8, 4) is 17.9 Å². The van der Waals surface area contributed by atoms with Crippen LogP contribution >= 0.6 is 0 Å². The van der Waals surface area contributed by atoms with Crippen LogP contribution in [0.3, 0.4) is 0 Å². The van der Waals surface area contributed by atoms with Gasteiger partial charge in [-0.3, -0.25) is 0 Å². The minimum absolute atomic E-state index is 0.715. The normalized spacial score (nSPS) is 7.65. The molecule has 0 bridgehead atoms. The Morgan fingerprint density at radius 1 is 0.850 bits per heavy atom. The maximum Gasteiger partial charge on any atom is 0.0991 e. The van der Waals surface area contributed by atoms with Crippen molar-refractivity contribution in [3.63, 3.8) is 0 Å². The summed E-state index contributed by atoms with van der Waals surface area (Å²) in [5.41, 5.74) is 0.715. The van der Waals surface area contributed by atoms with Gasteiger partial charge in [0.25, 0.3) is 0 Å². The molecule has 0 saturated heterocycles. The number of benzene rings is 1. The molecule has 0 aliphatic rings. The topological polar surface area (TPSA) is 23.8 Å². The van der Waals surface area contributed by atoms with E-state index >= 15 is 0 Å². The number of nitriles is 1. The van der Waals surface area contributed by atoms with Gasteiger partial charge in [-0.05, 0) is 39.8 Å². The van der Waals surface area contributed by atoms with Gasteiger partial charge in [-0.25, -0.2) is 0 Å². The summed E-state index contributed by atoms with van der Waals surface area (Å²) in [5.74, 6) is 5.36. The third-order valence-electron chi connectivity index (χ3n) is 1.65. The second-order valence-corrected chi connectivity index (χ2v) is 3.03. The molecule has 0 N–H and O–H groups in total. The molecule has 1 nitrogen and oxygen atoms in total. The monoisotopic (exact) mass is 269 g/mol. The van der Waals surface area contributed by atoms with E-state index in [1.165, 1.54) is 0 Å². The van der Waals surface area contributed by atoms with Gasteiger partial charge in [0.15, 0.2) is 0 Å². The molecule has 108 valence electrons. The van der Waals surface area contributed by atoms with E-state index in [4.69, 9.17) is 5.26 Å². The fourth-order valence-electron chi connectivity index (χ4n) is 0.735. The van der Waals surface area contributed by atoms with Crippen LogP contribution in [-0.2, 0) is 0 Å². The third-order valence-corrected chi connectivity index (χ3v) is 1.65. The highest BCUT2D eigenvalue weighted by atomic mass is 14.2. The maximum absolute atomic E-state index is 8.29. The molecule has 0 aromatic heterocycles. The summed E-state index contributed by atoms with van der Waals surface area (Å²) >= 11 is 0. The van der Waals surface area contributed by atoms with Gasteiger partial charge in [0.05, 0.1) is 11.6 Å². The number of rotatable bonds is 1. The summed E-state index contributed by atoms with van der Waals surface area (Å²) in [6.45, 7) is 11.6. The Morgan fingerprint density at radius 3 is 1.45 bits per heavy atom. The van der Waals surface area contributed by atoms with E-state index in [9.17, 15) is 0 Å². The fraction of sp³-hybridized carbons (Fsp3) is 0.316. The Morgan fingerprint density at radius 2 is 1.25 bits per heavy atom. The molecule has 0 heterocycles. The predicted molar refractivity (Wildman–Crippen MR) is 91.3 cm³/mol. The van der Waals surface area contributed by atoms with Crippen LogP contribution in [0.25, 0.3) is 0 Å². The van der Waals surface area contributed by atoms with Crippen molar-refractivity contribution < 1.29 is 0 Å². The van der Waals surface area contributed by atoms with Gasteiger partial charge in [-0.15, -0.1) is 11.8 Å². The molecule has 0 atom stereocenters. The van der Waals surface area contributed by atoms with Gasteiger partial charge < -0.3 is 0 Å². The third kappa shape index (κ3) is 24.8. The lowest BCUT2D eigenvalue weighted by atomic mass is 10.2. The minimum Gasteiger partial charge on any atom is -0.192 e. The second-order valence-electron chi connectivity index (χ2n) is 3.03. The Balaban J connectivity index is -0.000000215. The van der Waals surface area contributed by atoms with Crippen molar-refractivity contribution in [2.45, 2.75) is 41.5 Å². The molecule has 0 aliphatic carbocycles. The van der Waals surface area contributed by atoms with E-state index in [-0.39, 0.29) is 0 Å². The summed E-state index contributed by atoms with van der Waals surface area (Å²) in [5, 5.41) is 8.29. The van der Waals surface area contributed by atoms with Crippen LogP contribution in [0.15, 0.2) is 54.6 Å². The quantitative estimate of drug-likeness (QED) is 0.470. The molecule has 1 rings (SSSR count). The van der Waals surface area contributed by atoms with Crippen molar-refractivity contribution in [1.82, 2.24) is 0 Å². The van der Waals surface area contributed by atoms with Gasteiger partial charge in [-0.1, -0.05) is 56.4 Å². The van der Waals surface area contributed by atoms with E-state index in [0.717, 1.165) is 0 Å². The van der Waals surface area contributed by atoms with Crippen molar-refractivity contribution in [2.75, 3.05) is 0 Å². The van der Waals surface area contributed by atoms with Crippen LogP contribution in [0.1, 0.15) is 47.1 Å². The molecule has 20 heavy (non-hydrogen) atoms. The lowest BCUT2D eigenvalue weighted by molar-refractivity contribution is 1.49. The largest absolute Gasteiger partial charge is 0.192 e. The molecule has 1 aromatic rings. The molecule has 0 radical (unpaired) electrons. The first-order valence-electron chi connectivity index (χ1n) is 6.79. The summed E-state index contributed by atoms with van der Waals surface area (Å²) in [4.78, 5) is 0. The van der Waals surface area contributed by atoms with Crippen LogP contribution in [0, 0.1) is 23.2 Å². The molecule has 1 aromatic carbocycles. The van der Waals surface area contributed by atoms with Crippen molar-refractivity contribution in [1.29, 1.82) is 5.26 Å². The molecule has 0 unspecified atom stereocenters. The van der Waals surface area contributed by atoms with Gasteiger partial charge in [0.2, 0.25) is 0 Å². The Bertz CT molecular complexity index is 406. The zero-order valence-corrected chi connectivity index (χ0v) is 13.6. The first-order valence-corrected chi connectivity index (χ1v) is 6.79. The number of allylic oxidation sites excluding steroid dienone is 4. The van der Waals surface area contributed by atoms with Gasteiger partial charge >= 0.3 is 0 Å². The number of hydrogen-bond donors (Lipinski definition) is 0. The molecule has 0 spiro atoms. The molecular weight excluding hydrogens is 242 g/mol. The van der Waals surface area contributed by atoms with Crippen LogP contribution in [0.5, 0.6) is 0 Å². The van der Waals surface area contributed by atoms with Gasteiger partial charge in [0.1, 0.15) is 0 Å². The first kappa shape index (κ1) is 22.9. The van der Waals surface area contributed by atoms with Crippen molar-refractivity contribution in [3.05, 3.63) is 60.2 Å². The van der Waals surface area contributed by atoms with E-state index in [1.807, 2.05) is 90.1 Å². The van der Waals surface area contributed by atoms with E-state index in [2.05, 4.69) is 11.8 Å². The predicted octanol–water partition coefficient (Wildman–Crippen LogP) is 5.75. The summed E-state index contributed by atoms with van der Waals surface area (Å²) in [6.07, 6.45) is 8.00. The highest BCUT2D eigenvalue weighted by molar-refractivity contribution is 5.27. The molecule has 1 heteroatoms. The number of hydrogen-bond acceptors (Lipinski definition) is 1. The van der Waals surface area contributed by atoms with Gasteiger partial charge in [0, 0.05) is 0 Å². The smallest absolute Gasteiger partial charge is 0.0991 e. The Labute approximate surface area is 125 Å². The Kier molecular flexibility index (Phi) is 29.3. The summed E-state index contributed by atoms with van der Waals surface area (Å²) < 4.78 is 0. The fourth-order valence-corrected chi connectivity index (χ4v) is 0.735. The molecule has 0 amide bonds. The molecular formula is C19H27N. The molecule has 0 aliphatic heterocycles. The van der Waals surface area contributed by atoms with E-state index in [0.29, 0.717) is 5.56 Å². The lowest BCUT2D eigenvalue weighted by Crippen LogP contribution is -1.66. The van der Waals surface area contributed by atoms with Crippen LogP contribution < -0.4 is 0 Å². The average Bonchev–Trinajstić information content (AvgIpc) is 2.56. The standard InChI is InChI=1S/C7H5N.C6H10.C4H6.C2H6/c8-6-7-4-2-1-3-5-7;1-3-5-6-4-2;1-3-4-2;1-2/h1-5H;3-6H,1-2H3;1-2H3;1-2H3/b;5-3-,6-4-;;. The van der Waals surface area contributed by atoms with Crippen LogP contribution in [-0.4, -0.2) is 0 Å². The van der Waals surface area contributed by atoms with Crippen LogP contribution in [0.2, 0.25) is 0 Å². The SMILES string of the molecule is C/C=C\C=C/C.CC.CC#CC.N#Cc1ccccc1. The van der Waals surface area contributed by atoms with Gasteiger partial charge in [-0.2, -0.15) is 5.26 Å². The summed E-state index contributed by atoms with van der Waals surface area (Å²) in [6, 6.07) is 11.2. The Hall–Kier alpha value is -2.25. The highest BCUT2D eigenvalue weighted by Gasteiger charge is 1.79. The lowest BCUT2D eigenvalue weighted by Gasteiger charge is -1.80. The van der Waals surface area contributed by atoms with Crippen LogP contribution in [0.4, 0.5) is 0 Å². The van der Waals surface area contributed by atoms with Crippen molar-refractivity contribution in [2.24, 2.45) is 0 Å². The minimum atomic E-state index is 0.715. The molecule has 0 fully saturated rings. The zero-order chi connectivity index (χ0) is 16.1. The molecule has 0 saturated carbocycles. The summed E-state index contributed by atoms with van der Waals surface area (Å²) in [7, 11) is 0. The number of nitrogens with zero attached hydrogens (tertiary/aromatic N) is 1.